The molecule has 5 rings (SSSR count). The summed E-state index contributed by atoms with van der Waals surface area (Å²) in [4.78, 5) is 29.1. The number of nitrogens with one attached hydrogen (secondary N) is 2. The monoisotopic (exact) mass is 402 g/mol. The summed E-state index contributed by atoms with van der Waals surface area (Å²) < 4.78 is 7.53. The first-order chi connectivity index (χ1) is 14.6. The Bertz CT molecular complexity index is 1280. The SMILES string of the molecule is Cn1c(CC(=O)NNC(=O)Cc2coc3cc4c(cc23)CCC4)nc2ccccc21. The van der Waals surface area contributed by atoms with Gasteiger partial charge in [-0.25, -0.2) is 4.98 Å². The van der Waals surface area contributed by atoms with Crippen LogP contribution in [0.2, 0.25) is 0 Å². The third-order valence-corrected chi connectivity index (χ3v) is 5.76. The van der Waals surface area contributed by atoms with Crippen molar-refractivity contribution in [1.82, 2.24) is 20.4 Å². The zero-order valence-corrected chi connectivity index (χ0v) is 16.7. The Morgan fingerprint density at radius 2 is 1.80 bits per heavy atom. The number of hydrazine groups is 1. The number of rotatable bonds is 4. The second-order valence-corrected chi connectivity index (χ2v) is 7.76. The van der Waals surface area contributed by atoms with E-state index in [0.717, 1.165) is 46.8 Å². The number of fused-ring (bicyclic) bond motifs is 3. The van der Waals surface area contributed by atoms with Gasteiger partial charge in [0, 0.05) is 18.0 Å². The van der Waals surface area contributed by atoms with Crippen molar-refractivity contribution in [3.8, 4) is 0 Å². The normalized spacial score (nSPS) is 13.0. The van der Waals surface area contributed by atoms with E-state index >= 15 is 0 Å². The predicted molar refractivity (Wildman–Crippen MR) is 113 cm³/mol. The van der Waals surface area contributed by atoms with Crippen LogP contribution >= 0.6 is 0 Å². The van der Waals surface area contributed by atoms with Gasteiger partial charge in [0.1, 0.15) is 11.4 Å². The number of aryl methyl sites for hydroxylation is 3. The summed E-state index contributed by atoms with van der Waals surface area (Å²) in [5, 5.41) is 0.969. The molecule has 7 nitrogen and oxygen atoms in total. The van der Waals surface area contributed by atoms with E-state index in [2.05, 4.69) is 28.0 Å². The Kier molecular flexibility index (Phi) is 4.50. The van der Waals surface area contributed by atoms with E-state index in [1.165, 1.54) is 11.1 Å². The van der Waals surface area contributed by atoms with Gasteiger partial charge in [-0.1, -0.05) is 12.1 Å². The maximum absolute atomic E-state index is 12.4. The molecule has 30 heavy (non-hydrogen) atoms. The molecule has 0 saturated heterocycles. The summed E-state index contributed by atoms with van der Waals surface area (Å²) in [6.45, 7) is 0. The number of para-hydroxylation sites is 2. The van der Waals surface area contributed by atoms with Crippen LogP contribution in [0.1, 0.15) is 28.9 Å². The highest BCUT2D eigenvalue weighted by Crippen LogP contribution is 2.30. The highest BCUT2D eigenvalue weighted by Gasteiger charge is 2.17. The summed E-state index contributed by atoms with van der Waals surface area (Å²) in [6, 6.07) is 11.9. The molecular weight excluding hydrogens is 380 g/mol. The number of aromatic nitrogens is 2. The minimum absolute atomic E-state index is 0.0756. The Hall–Kier alpha value is -3.61. The van der Waals surface area contributed by atoms with Crippen LogP contribution in [-0.4, -0.2) is 21.4 Å². The van der Waals surface area contributed by atoms with Gasteiger partial charge in [0.05, 0.1) is 30.1 Å². The van der Waals surface area contributed by atoms with Gasteiger partial charge >= 0.3 is 0 Å². The molecule has 152 valence electrons. The molecule has 0 atom stereocenters. The molecule has 0 spiro atoms. The lowest BCUT2D eigenvalue weighted by Crippen LogP contribution is -2.43. The Balaban J connectivity index is 1.21. The Labute approximate surface area is 173 Å². The first kappa shape index (κ1) is 18.4. The zero-order chi connectivity index (χ0) is 20.7. The molecule has 1 aliphatic rings. The Morgan fingerprint density at radius 1 is 1.07 bits per heavy atom. The molecule has 0 saturated carbocycles. The fraction of sp³-hybridized carbons (Fsp3) is 0.261. The van der Waals surface area contributed by atoms with Gasteiger partial charge in [-0.2, -0.15) is 0 Å². The van der Waals surface area contributed by atoms with Crippen LogP contribution in [-0.2, 0) is 42.3 Å². The lowest BCUT2D eigenvalue weighted by atomic mass is 10.0. The molecular formula is C23H22N4O3. The van der Waals surface area contributed by atoms with Gasteiger partial charge in [0.25, 0.3) is 0 Å². The highest BCUT2D eigenvalue weighted by molar-refractivity contribution is 5.90. The van der Waals surface area contributed by atoms with E-state index < -0.39 is 0 Å². The molecule has 1 aliphatic carbocycles. The molecule has 0 bridgehead atoms. The number of benzene rings is 2. The van der Waals surface area contributed by atoms with E-state index in [-0.39, 0.29) is 24.7 Å². The van der Waals surface area contributed by atoms with Crippen molar-refractivity contribution in [2.24, 2.45) is 7.05 Å². The first-order valence-electron chi connectivity index (χ1n) is 10.1. The van der Waals surface area contributed by atoms with Crippen molar-refractivity contribution >= 4 is 33.8 Å². The van der Waals surface area contributed by atoms with Crippen LogP contribution in [0.4, 0.5) is 0 Å². The van der Waals surface area contributed by atoms with Gasteiger partial charge in [-0.05, 0) is 54.7 Å². The van der Waals surface area contributed by atoms with Gasteiger partial charge < -0.3 is 8.98 Å². The van der Waals surface area contributed by atoms with Crippen molar-refractivity contribution < 1.29 is 14.0 Å². The molecule has 0 fully saturated rings. The van der Waals surface area contributed by atoms with Crippen LogP contribution in [0.25, 0.3) is 22.0 Å². The molecule has 0 radical (unpaired) electrons. The summed E-state index contributed by atoms with van der Waals surface area (Å²) in [5.74, 6) is 0.0193. The molecule has 0 unspecified atom stereocenters. The highest BCUT2D eigenvalue weighted by atomic mass is 16.3. The number of hydrogen-bond donors (Lipinski definition) is 2. The predicted octanol–water partition coefficient (Wildman–Crippen LogP) is 2.74. The molecule has 4 aromatic rings. The number of imidazole rings is 1. The van der Waals surface area contributed by atoms with Crippen molar-refractivity contribution in [3.63, 3.8) is 0 Å². The number of nitrogens with zero attached hydrogens (tertiary/aromatic N) is 2. The first-order valence-corrected chi connectivity index (χ1v) is 10.1. The van der Waals surface area contributed by atoms with Crippen molar-refractivity contribution in [2.45, 2.75) is 32.1 Å². The average molecular weight is 402 g/mol. The second kappa shape index (κ2) is 7.33. The number of carbonyl (C=O) groups is 2. The van der Waals surface area contributed by atoms with Crippen LogP contribution in [0.15, 0.2) is 47.1 Å². The molecule has 2 aromatic heterocycles. The third kappa shape index (κ3) is 3.32. The van der Waals surface area contributed by atoms with Gasteiger partial charge in [-0.3, -0.25) is 20.4 Å². The van der Waals surface area contributed by atoms with Crippen LogP contribution in [0.3, 0.4) is 0 Å². The number of carbonyl (C=O) groups excluding carboxylic acids is 2. The number of hydrogen-bond acceptors (Lipinski definition) is 4. The number of furan rings is 1. The van der Waals surface area contributed by atoms with E-state index in [9.17, 15) is 9.59 Å². The maximum atomic E-state index is 12.4. The summed E-state index contributed by atoms with van der Waals surface area (Å²) in [7, 11) is 1.87. The Morgan fingerprint density at radius 3 is 2.60 bits per heavy atom. The quantitative estimate of drug-likeness (QED) is 0.514. The van der Waals surface area contributed by atoms with E-state index in [1.54, 1.807) is 6.26 Å². The van der Waals surface area contributed by atoms with Gasteiger partial charge in [0.2, 0.25) is 11.8 Å². The minimum Gasteiger partial charge on any atom is -0.464 e. The summed E-state index contributed by atoms with van der Waals surface area (Å²) in [6.07, 6.45) is 5.15. The standard InChI is InChI=1S/C23H22N4O3/c1-27-19-8-3-2-7-18(19)24-21(27)12-23(29)26-25-22(28)11-16-13-30-20-10-15-6-4-5-14(15)9-17(16)20/h2-3,7-10,13H,4-6,11-12H2,1H3,(H,25,28)(H,26,29). The molecule has 0 aliphatic heterocycles. The third-order valence-electron chi connectivity index (χ3n) is 5.76. The molecule has 2 amide bonds. The van der Waals surface area contributed by atoms with Crippen molar-refractivity contribution in [2.75, 3.05) is 0 Å². The van der Waals surface area contributed by atoms with Crippen LogP contribution in [0, 0.1) is 0 Å². The second-order valence-electron chi connectivity index (χ2n) is 7.76. The van der Waals surface area contributed by atoms with Crippen molar-refractivity contribution in [3.05, 3.63) is 65.2 Å². The van der Waals surface area contributed by atoms with E-state index in [4.69, 9.17) is 4.42 Å². The topological polar surface area (TPSA) is 89.2 Å². The van der Waals surface area contributed by atoms with E-state index in [1.807, 2.05) is 35.9 Å². The lowest BCUT2D eigenvalue weighted by Gasteiger charge is -2.07. The molecule has 2 N–H and O–H groups in total. The fourth-order valence-corrected chi connectivity index (χ4v) is 4.18. The largest absolute Gasteiger partial charge is 0.464 e. The van der Waals surface area contributed by atoms with Gasteiger partial charge in [-0.15, -0.1) is 0 Å². The molecule has 2 aromatic carbocycles. The summed E-state index contributed by atoms with van der Waals surface area (Å²) in [5.41, 5.74) is 11.1. The molecule has 2 heterocycles. The van der Waals surface area contributed by atoms with Crippen LogP contribution < -0.4 is 10.9 Å². The average Bonchev–Trinajstić information content (AvgIpc) is 3.44. The minimum atomic E-state index is -0.323. The maximum Gasteiger partial charge on any atom is 0.245 e. The van der Waals surface area contributed by atoms with E-state index in [0.29, 0.717) is 5.82 Å². The molecule has 7 heteroatoms. The van der Waals surface area contributed by atoms with Crippen molar-refractivity contribution in [1.29, 1.82) is 0 Å². The number of amides is 2. The van der Waals surface area contributed by atoms with Gasteiger partial charge in [0.15, 0.2) is 0 Å². The van der Waals surface area contributed by atoms with Crippen LogP contribution in [0.5, 0.6) is 0 Å². The smallest absolute Gasteiger partial charge is 0.245 e. The summed E-state index contributed by atoms with van der Waals surface area (Å²) >= 11 is 0. The zero-order valence-electron chi connectivity index (χ0n) is 16.7. The fourth-order valence-electron chi connectivity index (χ4n) is 4.18. The lowest BCUT2D eigenvalue weighted by molar-refractivity contribution is -0.128.